The number of benzene rings is 2. The number of ether oxygens (including phenoxy) is 1. The summed E-state index contributed by atoms with van der Waals surface area (Å²) in [6, 6.07) is 9.20. The average Bonchev–Trinajstić information content (AvgIpc) is 3.11. The second kappa shape index (κ2) is 8.97. The van der Waals surface area contributed by atoms with Gasteiger partial charge in [0.2, 0.25) is 0 Å². The molecular weight excluding hydrogens is 448 g/mol. The molecule has 32 heavy (non-hydrogen) atoms. The molecule has 0 amide bonds. The van der Waals surface area contributed by atoms with Crippen molar-refractivity contribution in [3.8, 4) is 5.75 Å². The molecule has 3 aromatic rings. The van der Waals surface area contributed by atoms with E-state index < -0.39 is 30.4 Å². The van der Waals surface area contributed by atoms with Crippen molar-refractivity contribution in [3.63, 3.8) is 0 Å². The fraction of sp³-hybridized carbons (Fsp3) is 0.333. The number of aromatic nitrogens is 1. The van der Waals surface area contributed by atoms with Crippen LogP contribution >= 0.6 is 0 Å². The van der Waals surface area contributed by atoms with Crippen LogP contribution in [0, 0.1) is 0 Å². The van der Waals surface area contributed by atoms with Gasteiger partial charge in [0.05, 0.1) is 5.56 Å². The first-order valence-corrected chi connectivity index (χ1v) is 9.41. The molecular formula is C21H18F8N2O. The van der Waals surface area contributed by atoms with E-state index in [1.165, 1.54) is 24.3 Å². The number of nitrogens with one attached hydrogen (secondary N) is 2. The van der Waals surface area contributed by atoms with Crippen LogP contribution in [0.4, 0.5) is 35.1 Å². The number of halogens is 8. The number of alkyl halides is 8. The number of fused-ring (bicyclic) bond motifs is 1. The summed E-state index contributed by atoms with van der Waals surface area (Å²) in [7, 11) is 0. The van der Waals surface area contributed by atoms with Gasteiger partial charge in [-0.05, 0) is 48.4 Å². The van der Waals surface area contributed by atoms with E-state index in [0.717, 1.165) is 17.7 Å². The fourth-order valence-corrected chi connectivity index (χ4v) is 3.03. The molecule has 0 saturated carbocycles. The van der Waals surface area contributed by atoms with Crippen LogP contribution in [-0.4, -0.2) is 30.2 Å². The minimum atomic E-state index is -5.69. The standard InChI is InChI=1S/C21H18F8N2O/c22-19(23,21(27,28)29)12-32-16-3-1-2-13(8-16)10-30-7-6-14-11-31-18-9-15(20(24,25)26)4-5-17(14)18/h1-5,8-9,11,30-31H,6-7,10,12H2. The Labute approximate surface area is 177 Å². The molecule has 0 fully saturated rings. The maximum atomic E-state index is 13.0. The molecule has 174 valence electrons. The largest absolute Gasteiger partial charge is 0.487 e. The molecule has 0 radical (unpaired) electrons. The molecule has 0 spiro atoms. The van der Waals surface area contributed by atoms with Gasteiger partial charge in [-0.15, -0.1) is 0 Å². The first kappa shape index (κ1) is 23.8. The zero-order chi connectivity index (χ0) is 23.6. The van der Waals surface area contributed by atoms with Crippen LogP contribution < -0.4 is 10.1 Å². The Morgan fingerprint density at radius 2 is 1.66 bits per heavy atom. The average molecular weight is 466 g/mol. The molecule has 3 rings (SSSR count). The van der Waals surface area contributed by atoms with Gasteiger partial charge in [0.15, 0.2) is 6.61 Å². The summed E-state index contributed by atoms with van der Waals surface area (Å²) in [5, 5.41) is 3.75. The van der Waals surface area contributed by atoms with Crippen molar-refractivity contribution < 1.29 is 39.9 Å². The smallest absolute Gasteiger partial charge is 0.456 e. The number of hydrogen-bond donors (Lipinski definition) is 2. The van der Waals surface area contributed by atoms with Crippen LogP contribution in [0.3, 0.4) is 0 Å². The summed E-state index contributed by atoms with van der Waals surface area (Å²) >= 11 is 0. The molecule has 0 unspecified atom stereocenters. The summed E-state index contributed by atoms with van der Waals surface area (Å²) in [5.41, 5.74) is 1.04. The molecule has 0 aliphatic heterocycles. The van der Waals surface area contributed by atoms with Gasteiger partial charge in [0, 0.05) is 23.6 Å². The Morgan fingerprint density at radius 3 is 2.34 bits per heavy atom. The fourth-order valence-electron chi connectivity index (χ4n) is 3.03. The van der Waals surface area contributed by atoms with E-state index in [9.17, 15) is 35.1 Å². The highest BCUT2D eigenvalue weighted by Gasteiger charge is 2.58. The minimum Gasteiger partial charge on any atom is -0.487 e. The Kier molecular flexibility index (Phi) is 6.68. The maximum Gasteiger partial charge on any atom is 0.456 e. The Hall–Kier alpha value is -2.82. The highest BCUT2D eigenvalue weighted by atomic mass is 19.4. The van der Waals surface area contributed by atoms with E-state index in [1.807, 2.05) is 0 Å². The first-order chi connectivity index (χ1) is 14.9. The zero-order valence-corrected chi connectivity index (χ0v) is 16.4. The zero-order valence-electron chi connectivity index (χ0n) is 16.4. The summed E-state index contributed by atoms with van der Waals surface area (Å²) in [6.45, 7) is -1.08. The summed E-state index contributed by atoms with van der Waals surface area (Å²) in [4.78, 5) is 2.82. The van der Waals surface area contributed by atoms with Crippen molar-refractivity contribution >= 4 is 10.9 Å². The van der Waals surface area contributed by atoms with Crippen molar-refractivity contribution in [1.29, 1.82) is 0 Å². The molecule has 0 bridgehead atoms. The number of aromatic amines is 1. The predicted octanol–water partition coefficient (Wildman–Crippen LogP) is 6.10. The summed E-state index contributed by atoms with van der Waals surface area (Å²) < 4.78 is 106. The van der Waals surface area contributed by atoms with Gasteiger partial charge in [-0.3, -0.25) is 0 Å². The predicted molar refractivity (Wildman–Crippen MR) is 102 cm³/mol. The van der Waals surface area contributed by atoms with Crippen LogP contribution in [0.5, 0.6) is 5.75 Å². The van der Waals surface area contributed by atoms with Crippen molar-refractivity contribution in [3.05, 3.63) is 65.4 Å². The van der Waals surface area contributed by atoms with Gasteiger partial charge in [0.25, 0.3) is 0 Å². The second-order valence-electron chi connectivity index (χ2n) is 7.14. The lowest BCUT2D eigenvalue weighted by atomic mass is 10.1. The van der Waals surface area contributed by atoms with Crippen LogP contribution in [0.1, 0.15) is 16.7 Å². The molecule has 0 aliphatic carbocycles. The molecule has 3 nitrogen and oxygen atoms in total. The van der Waals surface area contributed by atoms with Crippen molar-refractivity contribution in [1.82, 2.24) is 10.3 Å². The van der Waals surface area contributed by atoms with Gasteiger partial charge in [-0.1, -0.05) is 18.2 Å². The SMILES string of the molecule is FC(F)(F)c1ccc2c(CCNCc3cccc(OCC(F)(F)C(F)(F)F)c3)c[nH]c2c1. The van der Waals surface area contributed by atoms with Crippen molar-refractivity contribution in [2.45, 2.75) is 31.2 Å². The molecule has 0 atom stereocenters. The van der Waals surface area contributed by atoms with Crippen LogP contribution in [-0.2, 0) is 19.1 Å². The maximum absolute atomic E-state index is 13.0. The highest BCUT2D eigenvalue weighted by Crippen LogP contribution is 2.36. The van der Waals surface area contributed by atoms with Crippen molar-refractivity contribution in [2.24, 2.45) is 0 Å². The van der Waals surface area contributed by atoms with Gasteiger partial charge in [-0.25, -0.2) is 0 Å². The van der Waals surface area contributed by atoms with Crippen LogP contribution in [0.25, 0.3) is 10.9 Å². The second-order valence-corrected chi connectivity index (χ2v) is 7.14. The van der Waals surface area contributed by atoms with Gasteiger partial charge < -0.3 is 15.0 Å². The number of hydrogen-bond acceptors (Lipinski definition) is 2. The highest BCUT2D eigenvalue weighted by molar-refractivity contribution is 5.84. The molecule has 1 aromatic heterocycles. The van der Waals surface area contributed by atoms with E-state index in [1.54, 1.807) is 12.3 Å². The Morgan fingerprint density at radius 1 is 0.906 bits per heavy atom. The lowest BCUT2D eigenvalue weighted by Gasteiger charge is -2.20. The van der Waals surface area contributed by atoms with E-state index in [0.29, 0.717) is 29.4 Å². The number of rotatable bonds is 8. The summed E-state index contributed by atoms with van der Waals surface area (Å²) in [6.07, 6.45) is -7.99. The monoisotopic (exact) mass is 466 g/mol. The summed E-state index contributed by atoms with van der Waals surface area (Å²) in [5.74, 6) is -5.08. The normalized spacial score (nSPS) is 13.0. The first-order valence-electron chi connectivity index (χ1n) is 9.41. The third-order valence-electron chi connectivity index (χ3n) is 4.73. The van der Waals surface area contributed by atoms with E-state index >= 15 is 0 Å². The van der Waals surface area contributed by atoms with Gasteiger partial charge >= 0.3 is 18.3 Å². The molecule has 1 heterocycles. The molecule has 2 aromatic carbocycles. The lowest BCUT2D eigenvalue weighted by molar-refractivity contribution is -0.290. The topological polar surface area (TPSA) is 37.0 Å². The minimum absolute atomic E-state index is 0.120. The quantitative estimate of drug-likeness (QED) is 0.311. The third-order valence-corrected chi connectivity index (χ3v) is 4.73. The van der Waals surface area contributed by atoms with E-state index in [-0.39, 0.29) is 12.3 Å². The van der Waals surface area contributed by atoms with Crippen molar-refractivity contribution in [2.75, 3.05) is 13.2 Å². The molecule has 11 heteroatoms. The Bertz CT molecular complexity index is 1060. The van der Waals surface area contributed by atoms with Crippen LogP contribution in [0.2, 0.25) is 0 Å². The third kappa shape index (κ3) is 5.70. The van der Waals surface area contributed by atoms with E-state index in [4.69, 9.17) is 0 Å². The number of H-pyrrole nitrogens is 1. The lowest BCUT2D eigenvalue weighted by Crippen LogP contribution is -2.41. The molecule has 0 aliphatic rings. The Balaban J connectivity index is 1.52. The van der Waals surface area contributed by atoms with E-state index in [2.05, 4.69) is 15.0 Å². The van der Waals surface area contributed by atoms with Gasteiger partial charge in [-0.2, -0.15) is 35.1 Å². The van der Waals surface area contributed by atoms with Gasteiger partial charge in [0.1, 0.15) is 5.75 Å². The molecule has 0 saturated heterocycles. The van der Waals surface area contributed by atoms with Crippen LogP contribution in [0.15, 0.2) is 48.7 Å². The molecule has 2 N–H and O–H groups in total.